The Balaban J connectivity index is 1.50. The highest BCUT2D eigenvalue weighted by Crippen LogP contribution is 2.48. The van der Waals surface area contributed by atoms with E-state index in [2.05, 4.69) is 0 Å². The molecule has 0 unspecified atom stereocenters. The summed E-state index contributed by atoms with van der Waals surface area (Å²) < 4.78 is 66.0. The number of sulfonamides is 1. The van der Waals surface area contributed by atoms with Crippen molar-refractivity contribution in [2.75, 3.05) is 13.1 Å². The van der Waals surface area contributed by atoms with Crippen molar-refractivity contribution in [2.45, 2.75) is 61.0 Å². The van der Waals surface area contributed by atoms with Gasteiger partial charge in [-0.1, -0.05) is 60.1 Å². The van der Waals surface area contributed by atoms with Gasteiger partial charge >= 0.3 is 0 Å². The summed E-state index contributed by atoms with van der Waals surface area (Å²) in [5.41, 5.74) is 6.71. The lowest BCUT2D eigenvalue weighted by Crippen LogP contribution is -2.42. The van der Waals surface area contributed by atoms with Crippen LogP contribution in [-0.4, -0.2) is 44.5 Å². The van der Waals surface area contributed by atoms with Crippen LogP contribution in [0.3, 0.4) is 0 Å². The van der Waals surface area contributed by atoms with E-state index in [4.69, 9.17) is 27.2 Å². The molecule has 0 radical (unpaired) electrons. The lowest BCUT2D eigenvalue weighted by Gasteiger charge is -2.32. The molecule has 2 atom stereocenters. The van der Waals surface area contributed by atoms with E-state index < -0.39 is 38.2 Å². The van der Waals surface area contributed by atoms with Crippen LogP contribution in [-0.2, 0) is 20.7 Å². The van der Waals surface area contributed by atoms with Crippen LogP contribution in [0.1, 0.15) is 49.1 Å². The quantitative estimate of drug-likeness (QED) is 0.223. The van der Waals surface area contributed by atoms with Crippen molar-refractivity contribution in [3.63, 3.8) is 0 Å². The number of halogens is 3. The number of nitrogens with zero attached hydrogens (tertiary/aromatic N) is 1. The number of carbonyl (C=O) groups excluding carboxylic acids is 1. The van der Waals surface area contributed by atoms with Gasteiger partial charge in [0.1, 0.15) is 11.7 Å². The van der Waals surface area contributed by atoms with Gasteiger partial charge in [-0.05, 0) is 89.9 Å². The fraction of sp³-hybridized carbons (Fsp3) is 0.324. The Bertz CT molecular complexity index is 1830. The van der Waals surface area contributed by atoms with Crippen molar-refractivity contribution >= 4 is 38.3 Å². The molecular formula is C34H34ClF2N3O4S. The lowest BCUT2D eigenvalue weighted by molar-refractivity contribution is -0.143. The van der Waals surface area contributed by atoms with E-state index in [1.807, 2.05) is 0 Å². The Morgan fingerprint density at radius 2 is 1.58 bits per heavy atom. The van der Waals surface area contributed by atoms with Crippen molar-refractivity contribution in [3.05, 3.63) is 95.0 Å². The first-order valence-electron chi connectivity index (χ1n) is 15.0. The van der Waals surface area contributed by atoms with E-state index in [1.54, 1.807) is 42.5 Å². The Morgan fingerprint density at radius 3 is 2.18 bits per heavy atom. The van der Waals surface area contributed by atoms with E-state index >= 15 is 8.78 Å². The second kappa shape index (κ2) is 12.3. The summed E-state index contributed by atoms with van der Waals surface area (Å²) in [4.78, 5) is 14.9. The van der Waals surface area contributed by atoms with Gasteiger partial charge in [-0.2, -0.15) is 0 Å². The zero-order valence-electron chi connectivity index (χ0n) is 24.5. The number of carbonyl (C=O) groups is 1. The highest BCUT2D eigenvalue weighted by Gasteiger charge is 2.51. The van der Waals surface area contributed by atoms with Crippen molar-refractivity contribution in [1.82, 2.24) is 4.90 Å². The molecule has 236 valence electrons. The molecule has 2 fully saturated rings. The third kappa shape index (κ3) is 6.42. The number of primary sulfonamides is 1. The summed E-state index contributed by atoms with van der Waals surface area (Å²) in [6.45, 7) is 0.257. The molecule has 0 aromatic heterocycles. The molecule has 0 spiro atoms. The minimum absolute atomic E-state index is 0.0551. The average Bonchev–Trinajstić information content (AvgIpc) is 3.69. The second-order valence-corrected chi connectivity index (χ2v) is 13.9. The summed E-state index contributed by atoms with van der Waals surface area (Å²) in [5, 5.41) is 6.81. The van der Waals surface area contributed by atoms with Gasteiger partial charge in [-0.3, -0.25) is 4.79 Å². The highest BCUT2D eigenvalue weighted by atomic mass is 35.5. The minimum atomic E-state index is -4.53. The molecule has 6 rings (SSSR count). The zero-order chi connectivity index (χ0) is 31.9. The number of benzene rings is 4. The van der Waals surface area contributed by atoms with Crippen molar-refractivity contribution < 1.29 is 26.7 Å². The number of likely N-dealkylation sites (tertiary alicyclic amines) is 1. The van der Waals surface area contributed by atoms with Crippen molar-refractivity contribution in [3.8, 4) is 16.9 Å². The maximum atomic E-state index is 17.0. The number of hydrogen-bond acceptors (Lipinski definition) is 5. The standard InChI is InChI=1S/C34H34ClF2N3O4S/c35-25-12-7-22(8-13-25)21-5-10-24(11-6-21)34(36,37)32(33(41)40-18-17-26(38)20-40)31-29-15-14-28(44-27-3-1-2-4-27)19-23(29)9-16-30(31)45(39,42)43/h5-16,19,26-27,32H,1-4,17-18,20,38H2,(H2,39,42,43)/t26-,32-/m0/s1. The maximum Gasteiger partial charge on any atom is 0.288 e. The number of nitrogens with two attached hydrogens (primary N) is 2. The Morgan fingerprint density at radius 1 is 0.933 bits per heavy atom. The summed E-state index contributed by atoms with van der Waals surface area (Å²) in [7, 11) is -4.53. The number of ether oxygens (including phenoxy) is 1. The first-order valence-corrected chi connectivity index (χ1v) is 16.9. The van der Waals surface area contributed by atoms with Crippen LogP contribution in [0.2, 0.25) is 5.02 Å². The number of amides is 1. The number of fused-ring (bicyclic) bond motifs is 1. The molecule has 1 heterocycles. The molecule has 1 saturated carbocycles. The third-order valence-electron chi connectivity index (χ3n) is 8.79. The predicted octanol–water partition coefficient (Wildman–Crippen LogP) is 6.56. The Labute approximate surface area is 266 Å². The molecule has 2 aliphatic rings. The predicted molar refractivity (Wildman–Crippen MR) is 171 cm³/mol. The minimum Gasteiger partial charge on any atom is -0.490 e. The van der Waals surface area contributed by atoms with Crippen molar-refractivity contribution in [2.24, 2.45) is 10.9 Å². The lowest BCUT2D eigenvalue weighted by atomic mass is 9.83. The van der Waals surface area contributed by atoms with Crippen LogP contribution < -0.4 is 15.6 Å². The number of alkyl halides is 2. The van der Waals surface area contributed by atoms with E-state index in [9.17, 15) is 13.2 Å². The zero-order valence-corrected chi connectivity index (χ0v) is 26.0. The first-order chi connectivity index (χ1) is 21.4. The second-order valence-electron chi connectivity index (χ2n) is 11.9. The van der Waals surface area contributed by atoms with Gasteiger partial charge in [0, 0.05) is 29.7 Å². The largest absolute Gasteiger partial charge is 0.490 e. The van der Waals surface area contributed by atoms with Crippen LogP contribution >= 0.6 is 11.6 Å². The summed E-state index contributed by atoms with van der Waals surface area (Å²) in [5.74, 6) is -6.42. The number of hydrogen-bond donors (Lipinski definition) is 2. The van der Waals surface area contributed by atoms with Gasteiger partial charge < -0.3 is 15.4 Å². The molecular weight excluding hydrogens is 620 g/mol. The highest BCUT2D eigenvalue weighted by molar-refractivity contribution is 7.89. The van der Waals surface area contributed by atoms with E-state index in [-0.39, 0.29) is 36.2 Å². The monoisotopic (exact) mass is 653 g/mol. The SMILES string of the molecule is N[C@H]1CCN(C(=O)[C@H](c2c(S(N)(=O)=O)ccc3cc(OC4CCCC4)ccc23)C(F)(F)c2ccc(-c3ccc(Cl)cc3)cc2)C1. The maximum absolute atomic E-state index is 17.0. The molecule has 4 aromatic rings. The van der Waals surface area contributed by atoms with Gasteiger partial charge in [-0.25, -0.2) is 22.3 Å². The van der Waals surface area contributed by atoms with Crippen LogP contribution in [0.4, 0.5) is 8.78 Å². The van der Waals surface area contributed by atoms with E-state index in [0.717, 1.165) is 31.2 Å². The smallest absolute Gasteiger partial charge is 0.288 e. The molecule has 0 bridgehead atoms. The van der Waals surface area contributed by atoms with E-state index in [1.165, 1.54) is 41.3 Å². The van der Waals surface area contributed by atoms with Crippen LogP contribution in [0.25, 0.3) is 21.9 Å². The van der Waals surface area contributed by atoms with Gasteiger partial charge in [-0.15, -0.1) is 0 Å². The third-order valence-corrected chi connectivity index (χ3v) is 10.0. The summed E-state index contributed by atoms with van der Waals surface area (Å²) >= 11 is 6.00. The molecule has 7 nitrogen and oxygen atoms in total. The Kier molecular flexibility index (Phi) is 8.60. The van der Waals surface area contributed by atoms with Crippen molar-refractivity contribution in [1.29, 1.82) is 0 Å². The fourth-order valence-electron chi connectivity index (χ4n) is 6.45. The summed E-state index contributed by atoms with van der Waals surface area (Å²) in [6, 6.07) is 19.7. The normalized spacial score (nSPS) is 18.4. The van der Waals surface area contributed by atoms with Crippen LogP contribution in [0.15, 0.2) is 83.8 Å². The molecule has 1 aliphatic heterocycles. The van der Waals surface area contributed by atoms with Gasteiger partial charge in [0.2, 0.25) is 15.9 Å². The Hall–Kier alpha value is -3.57. The van der Waals surface area contributed by atoms with Gasteiger partial charge in [0.05, 0.1) is 11.0 Å². The fourth-order valence-corrected chi connectivity index (χ4v) is 7.37. The van der Waals surface area contributed by atoms with Gasteiger partial charge in [0.25, 0.3) is 5.92 Å². The molecule has 11 heteroatoms. The van der Waals surface area contributed by atoms with Crippen LogP contribution in [0.5, 0.6) is 5.75 Å². The molecule has 4 N–H and O–H groups in total. The molecule has 1 amide bonds. The van der Waals surface area contributed by atoms with Crippen LogP contribution in [0, 0.1) is 0 Å². The number of rotatable bonds is 8. The molecule has 4 aromatic carbocycles. The first kappa shape index (κ1) is 31.4. The average molecular weight is 654 g/mol. The van der Waals surface area contributed by atoms with E-state index in [0.29, 0.717) is 28.1 Å². The molecule has 1 aliphatic carbocycles. The van der Waals surface area contributed by atoms with Gasteiger partial charge in [0.15, 0.2) is 0 Å². The summed E-state index contributed by atoms with van der Waals surface area (Å²) in [6.07, 6.45) is 4.48. The molecule has 1 saturated heterocycles. The molecule has 45 heavy (non-hydrogen) atoms. The topological polar surface area (TPSA) is 116 Å².